The number of hydrogen-bond donors (Lipinski definition) is 1. The lowest BCUT2D eigenvalue weighted by Gasteiger charge is -2.45. The molecule has 6 rings (SSSR count). The van der Waals surface area contributed by atoms with Crippen LogP contribution in [-0.2, 0) is 11.8 Å². The summed E-state index contributed by atoms with van der Waals surface area (Å²) in [7, 11) is 1.92. The van der Waals surface area contributed by atoms with Crippen molar-refractivity contribution in [3.05, 3.63) is 35.3 Å². The van der Waals surface area contributed by atoms with Crippen LogP contribution in [0.5, 0.6) is 0 Å². The maximum Gasteiger partial charge on any atom is 0.229 e. The van der Waals surface area contributed by atoms with E-state index in [0.29, 0.717) is 6.42 Å². The molecule has 7 nitrogen and oxygen atoms in total. The van der Waals surface area contributed by atoms with Gasteiger partial charge in [0.25, 0.3) is 0 Å². The average molecular weight is 410 g/mol. The van der Waals surface area contributed by atoms with Crippen molar-refractivity contribution < 1.29 is 9.18 Å². The molecule has 8 heteroatoms. The number of fused-ring (bicyclic) bond motifs is 3. The van der Waals surface area contributed by atoms with Crippen LogP contribution in [0.15, 0.2) is 34.7 Å². The normalized spacial score (nSPS) is 36.7. The molecule has 1 N–H and O–H groups in total. The Morgan fingerprint density at radius 1 is 1.27 bits per heavy atom. The number of amides is 1. The van der Waals surface area contributed by atoms with Crippen molar-refractivity contribution in [2.24, 2.45) is 23.9 Å². The SMILES string of the molecule is CC1=C(c2cnn(C)c2)NC2N=CC=C(N3CC4CCC(C3)N4C(=O)[C@@H]3C[C@H]3F)C12. The Balaban J connectivity index is 1.25. The standard InChI is InChI=1S/C22H27FN6O/c1-12-19-18(5-6-24-21(19)26-20(12)13-8-25-27(2)9-13)28-10-14-3-4-15(11-28)29(14)22(30)16-7-17(16)23/h5-6,8-9,14-17,19,21,26H,3-4,7,10-11H2,1-2H3/t14?,15?,16-,17-,19?,21?/m1/s1. The molecule has 5 aliphatic rings. The molecule has 0 aromatic carbocycles. The lowest BCUT2D eigenvalue weighted by Crippen LogP contribution is -2.57. The van der Waals surface area contributed by atoms with Gasteiger partial charge in [-0.25, -0.2) is 4.39 Å². The predicted octanol–water partition coefficient (Wildman–Crippen LogP) is 1.70. The van der Waals surface area contributed by atoms with Crippen molar-refractivity contribution in [1.29, 1.82) is 0 Å². The molecular weight excluding hydrogens is 383 g/mol. The maximum absolute atomic E-state index is 13.5. The largest absolute Gasteiger partial charge is 0.370 e. The molecule has 1 aliphatic carbocycles. The first-order valence-corrected chi connectivity index (χ1v) is 10.9. The minimum absolute atomic E-state index is 0.00344. The maximum atomic E-state index is 13.5. The van der Waals surface area contributed by atoms with Gasteiger partial charge in [-0.2, -0.15) is 5.10 Å². The second-order valence-corrected chi connectivity index (χ2v) is 9.31. The Labute approximate surface area is 175 Å². The van der Waals surface area contributed by atoms with Crippen molar-refractivity contribution in [1.82, 2.24) is 24.9 Å². The van der Waals surface area contributed by atoms with Crippen molar-refractivity contribution in [3.63, 3.8) is 0 Å². The summed E-state index contributed by atoms with van der Waals surface area (Å²) in [6.07, 6.45) is 9.46. The lowest BCUT2D eigenvalue weighted by molar-refractivity contribution is -0.138. The summed E-state index contributed by atoms with van der Waals surface area (Å²) in [6, 6.07) is 0.386. The van der Waals surface area contributed by atoms with Crippen LogP contribution in [0.1, 0.15) is 31.7 Å². The lowest BCUT2D eigenvalue weighted by atomic mass is 9.91. The van der Waals surface area contributed by atoms with Gasteiger partial charge in [-0.3, -0.25) is 14.5 Å². The Kier molecular flexibility index (Phi) is 3.89. The molecule has 3 fully saturated rings. The summed E-state index contributed by atoms with van der Waals surface area (Å²) < 4.78 is 15.3. The van der Waals surface area contributed by atoms with Crippen molar-refractivity contribution >= 4 is 17.8 Å². The highest BCUT2D eigenvalue weighted by atomic mass is 19.1. The molecular formula is C22H27FN6O. The summed E-state index contributed by atoms with van der Waals surface area (Å²) in [5, 5.41) is 7.90. The first kappa shape index (κ1) is 18.2. The molecule has 2 saturated heterocycles. The van der Waals surface area contributed by atoms with Crippen LogP contribution in [0.4, 0.5) is 4.39 Å². The van der Waals surface area contributed by atoms with E-state index in [-0.39, 0.29) is 36.0 Å². The van der Waals surface area contributed by atoms with Gasteiger partial charge in [0.05, 0.1) is 18.0 Å². The van der Waals surface area contributed by atoms with Crippen LogP contribution in [0.2, 0.25) is 0 Å². The zero-order valence-electron chi connectivity index (χ0n) is 17.3. The smallest absolute Gasteiger partial charge is 0.229 e. The van der Waals surface area contributed by atoms with Gasteiger partial charge in [0.15, 0.2) is 0 Å². The molecule has 4 aliphatic heterocycles. The van der Waals surface area contributed by atoms with E-state index in [4.69, 9.17) is 4.99 Å². The summed E-state index contributed by atoms with van der Waals surface area (Å²) in [6.45, 7) is 3.83. The Morgan fingerprint density at radius 2 is 2.00 bits per heavy atom. The number of alkyl halides is 1. The number of aromatic nitrogens is 2. The number of hydrogen-bond acceptors (Lipinski definition) is 5. The third kappa shape index (κ3) is 2.65. The van der Waals surface area contributed by atoms with Gasteiger partial charge in [0, 0.05) is 61.6 Å². The molecule has 2 bridgehead atoms. The number of halogens is 1. The third-order valence-electron chi connectivity index (χ3n) is 7.40. The fraction of sp³-hybridized carbons (Fsp3) is 0.591. The molecule has 158 valence electrons. The molecule has 1 saturated carbocycles. The number of nitrogens with one attached hydrogen (secondary N) is 1. The number of rotatable bonds is 3. The fourth-order valence-corrected chi connectivity index (χ4v) is 5.81. The molecule has 5 heterocycles. The summed E-state index contributed by atoms with van der Waals surface area (Å²) in [5.41, 5.74) is 4.75. The number of dihydropyridines is 1. The van der Waals surface area contributed by atoms with Crippen molar-refractivity contribution in [2.75, 3.05) is 13.1 Å². The highest BCUT2D eigenvalue weighted by Gasteiger charge is 2.52. The van der Waals surface area contributed by atoms with E-state index in [0.717, 1.165) is 37.2 Å². The van der Waals surface area contributed by atoms with Crippen LogP contribution < -0.4 is 5.32 Å². The molecule has 4 unspecified atom stereocenters. The summed E-state index contributed by atoms with van der Waals surface area (Å²) in [4.78, 5) is 21.9. The highest BCUT2D eigenvalue weighted by molar-refractivity contribution is 5.83. The first-order valence-electron chi connectivity index (χ1n) is 10.9. The number of allylic oxidation sites excluding steroid dienone is 1. The van der Waals surface area contributed by atoms with Gasteiger partial charge in [-0.15, -0.1) is 0 Å². The molecule has 0 spiro atoms. The zero-order chi connectivity index (χ0) is 20.6. The van der Waals surface area contributed by atoms with Gasteiger partial charge in [0.2, 0.25) is 5.91 Å². The third-order valence-corrected chi connectivity index (χ3v) is 7.40. The van der Waals surface area contributed by atoms with Crippen molar-refractivity contribution in [2.45, 2.75) is 50.6 Å². The second kappa shape index (κ2) is 6.43. The molecule has 1 aromatic rings. The average Bonchev–Trinajstić information content (AvgIpc) is 3.02. The Hall–Kier alpha value is -2.64. The highest BCUT2D eigenvalue weighted by Crippen LogP contribution is 2.43. The van der Waals surface area contributed by atoms with E-state index < -0.39 is 6.17 Å². The number of likely N-dealkylation sites (tertiary alicyclic amines) is 1. The van der Waals surface area contributed by atoms with E-state index in [1.807, 2.05) is 35.2 Å². The summed E-state index contributed by atoms with van der Waals surface area (Å²) >= 11 is 0. The molecule has 1 aromatic heterocycles. The van der Waals surface area contributed by atoms with Crippen LogP contribution in [0.3, 0.4) is 0 Å². The topological polar surface area (TPSA) is 65.8 Å². The van der Waals surface area contributed by atoms with E-state index in [1.54, 1.807) is 0 Å². The quantitative estimate of drug-likeness (QED) is 0.824. The predicted molar refractivity (Wildman–Crippen MR) is 111 cm³/mol. The van der Waals surface area contributed by atoms with Gasteiger partial charge in [-0.1, -0.05) is 0 Å². The minimum atomic E-state index is -0.920. The number of aryl methyl sites for hydroxylation is 1. The Bertz CT molecular complexity index is 982. The Morgan fingerprint density at radius 3 is 2.63 bits per heavy atom. The second-order valence-electron chi connectivity index (χ2n) is 9.31. The van der Waals surface area contributed by atoms with E-state index >= 15 is 0 Å². The molecule has 30 heavy (non-hydrogen) atoms. The van der Waals surface area contributed by atoms with Crippen molar-refractivity contribution in [3.8, 4) is 0 Å². The molecule has 1 amide bonds. The molecule has 0 radical (unpaired) electrons. The van der Waals surface area contributed by atoms with Crippen LogP contribution in [0.25, 0.3) is 5.70 Å². The number of carbonyl (C=O) groups excluding carboxylic acids is 1. The zero-order valence-corrected chi connectivity index (χ0v) is 17.3. The number of nitrogens with zero attached hydrogens (tertiary/aromatic N) is 5. The minimum Gasteiger partial charge on any atom is -0.370 e. The number of piperazine rings is 1. The summed E-state index contributed by atoms with van der Waals surface area (Å²) in [5.74, 6) is -0.147. The fourth-order valence-electron chi connectivity index (χ4n) is 5.81. The number of aliphatic imine (C=N–C) groups is 1. The van der Waals surface area contributed by atoms with E-state index in [2.05, 4.69) is 28.3 Å². The van der Waals surface area contributed by atoms with Gasteiger partial charge in [-0.05, 0) is 37.8 Å². The first-order chi connectivity index (χ1) is 14.5. The van der Waals surface area contributed by atoms with Crippen LogP contribution in [-0.4, -0.2) is 69.2 Å². The van der Waals surface area contributed by atoms with Gasteiger partial charge >= 0.3 is 0 Å². The van der Waals surface area contributed by atoms with Gasteiger partial charge in [0.1, 0.15) is 12.3 Å². The van der Waals surface area contributed by atoms with E-state index in [1.165, 1.54) is 11.3 Å². The van der Waals surface area contributed by atoms with E-state index in [9.17, 15) is 9.18 Å². The van der Waals surface area contributed by atoms with Crippen LogP contribution >= 0.6 is 0 Å². The molecule has 6 atom stereocenters. The monoisotopic (exact) mass is 410 g/mol. The number of carbonyl (C=O) groups is 1. The van der Waals surface area contributed by atoms with Gasteiger partial charge < -0.3 is 15.1 Å². The van der Waals surface area contributed by atoms with Crippen LogP contribution in [0, 0.1) is 11.8 Å².